The Morgan fingerprint density at radius 2 is 2.24 bits per heavy atom. The minimum Gasteiger partial charge on any atom is -0.390 e. The number of nitrogens with zero attached hydrogens (tertiary/aromatic N) is 3. The molecule has 0 atom stereocenters. The van der Waals surface area contributed by atoms with E-state index in [1.807, 2.05) is 10.7 Å². The first-order valence-electron chi connectivity index (χ1n) is 5.54. The van der Waals surface area contributed by atoms with Gasteiger partial charge in [0.15, 0.2) is 0 Å². The molecule has 1 aromatic rings. The fourth-order valence-electron chi connectivity index (χ4n) is 1.94. The summed E-state index contributed by atoms with van der Waals surface area (Å²) in [5.41, 5.74) is 1.71. The topological polar surface area (TPSA) is 75.4 Å². The van der Waals surface area contributed by atoms with Crippen molar-refractivity contribution in [2.45, 2.75) is 19.7 Å². The first-order valence-corrected chi connectivity index (χ1v) is 7.60. The SMILES string of the molecule is CS(=O)(=O)CCN1CCn2nc(CO)cc2C1. The van der Waals surface area contributed by atoms with Crippen LogP contribution >= 0.6 is 0 Å². The summed E-state index contributed by atoms with van der Waals surface area (Å²) in [6.07, 6.45) is 1.26. The summed E-state index contributed by atoms with van der Waals surface area (Å²) in [7, 11) is -2.90. The van der Waals surface area contributed by atoms with Crippen LogP contribution < -0.4 is 0 Å². The van der Waals surface area contributed by atoms with E-state index in [-0.39, 0.29) is 12.4 Å². The number of hydrogen-bond donors (Lipinski definition) is 1. The van der Waals surface area contributed by atoms with Gasteiger partial charge in [-0.15, -0.1) is 0 Å². The van der Waals surface area contributed by atoms with E-state index in [4.69, 9.17) is 5.11 Å². The van der Waals surface area contributed by atoms with Crippen molar-refractivity contribution >= 4 is 9.84 Å². The van der Waals surface area contributed by atoms with Crippen molar-refractivity contribution in [3.05, 3.63) is 17.5 Å². The smallest absolute Gasteiger partial charge is 0.148 e. The van der Waals surface area contributed by atoms with Gasteiger partial charge in [0.2, 0.25) is 0 Å². The van der Waals surface area contributed by atoms with Crippen LogP contribution in [0.3, 0.4) is 0 Å². The Labute approximate surface area is 101 Å². The van der Waals surface area contributed by atoms with Crippen LogP contribution in [0.5, 0.6) is 0 Å². The lowest BCUT2D eigenvalue weighted by Gasteiger charge is -2.27. The molecular weight excluding hydrogens is 242 g/mol. The maximum absolute atomic E-state index is 11.1. The molecule has 0 aliphatic carbocycles. The minimum atomic E-state index is -2.90. The van der Waals surface area contributed by atoms with Crippen LogP contribution in [0, 0.1) is 0 Å². The number of aliphatic hydroxyl groups excluding tert-OH is 1. The molecule has 0 unspecified atom stereocenters. The van der Waals surface area contributed by atoms with Gasteiger partial charge in [0.05, 0.1) is 30.3 Å². The van der Waals surface area contributed by atoms with Gasteiger partial charge in [0.25, 0.3) is 0 Å². The maximum atomic E-state index is 11.1. The summed E-state index contributed by atoms with van der Waals surface area (Å²) in [5.74, 6) is 0.188. The summed E-state index contributed by atoms with van der Waals surface area (Å²) in [6.45, 7) is 2.75. The Bertz CT molecular complexity index is 495. The molecule has 17 heavy (non-hydrogen) atoms. The molecule has 0 saturated heterocycles. The fourth-order valence-corrected chi connectivity index (χ4v) is 2.53. The van der Waals surface area contributed by atoms with Crippen LogP contribution in [0.4, 0.5) is 0 Å². The average molecular weight is 259 g/mol. The largest absolute Gasteiger partial charge is 0.390 e. The third kappa shape index (κ3) is 3.27. The standard InChI is InChI=1S/C10H17N3O3S/c1-17(15,16)5-4-12-2-3-13-10(7-12)6-9(8-14)11-13/h6,14H,2-5,7-8H2,1H3. The lowest BCUT2D eigenvalue weighted by atomic mass is 10.3. The molecule has 1 aromatic heterocycles. The average Bonchev–Trinajstić information content (AvgIpc) is 2.67. The number of sulfone groups is 1. The van der Waals surface area contributed by atoms with E-state index in [0.29, 0.717) is 18.8 Å². The van der Waals surface area contributed by atoms with Gasteiger partial charge in [-0.2, -0.15) is 5.10 Å². The first-order chi connectivity index (χ1) is 7.98. The number of rotatable bonds is 4. The third-order valence-corrected chi connectivity index (χ3v) is 3.79. The van der Waals surface area contributed by atoms with Gasteiger partial charge < -0.3 is 5.11 Å². The fraction of sp³-hybridized carbons (Fsp3) is 0.700. The lowest BCUT2D eigenvalue weighted by molar-refractivity contribution is 0.223. The molecule has 0 spiro atoms. The van der Waals surface area contributed by atoms with E-state index in [9.17, 15) is 8.42 Å². The molecule has 1 aliphatic rings. The van der Waals surface area contributed by atoms with E-state index in [1.165, 1.54) is 6.26 Å². The molecule has 0 fully saturated rings. The van der Waals surface area contributed by atoms with Gasteiger partial charge in [-0.1, -0.05) is 0 Å². The monoisotopic (exact) mass is 259 g/mol. The minimum absolute atomic E-state index is 0.0522. The maximum Gasteiger partial charge on any atom is 0.148 e. The van der Waals surface area contributed by atoms with Crippen molar-refractivity contribution < 1.29 is 13.5 Å². The highest BCUT2D eigenvalue weighted by Crippen LogP contribution is 2.13. The summed E-state index contributed by atoms with van der Waals surface area (Å²) in [5, 5.41) is 13.2. The Morgan fingerprint density at radius 1 is 1.47 bits per heavy atom. The van der Waals surface area contributed by atoms with Crippen molar-refractivity contribution in [1.82, 2.24) is 14.7 Å². The quantitative estimate of drug-likeness (QED) is 0.769. The van der Waals surface area contributed by atoms with E-state index in [0.717, 1.165) is 18.8 Å². The first kappa shape index (κ1) is 12.5. The number of hydrogen-bond acceptors (Lipinski definition) is 5. The number of aliphatic hydroxyl groups is 1. The molecular formula is C10H17N3O3S. The van der Waals surface area contributed by atoms with Crippen molar-refractivity contribution in [1.29, 1.82) is 0 Å². The Hall–Kier alpha value is -0.920. The van der Waals surface area contributed by atoms with Crippen LogP contribution in [0.25, 0.3) is 0 Å². The molecule has 0 radical (unpaired) electrons. The number of aromatic nitrogens is 2. The van der Waals surface area contributed by atoms with Gasteiger partial charge in [-0.05, 0) is 6.07 Å². The summed E-state index contributed by atoms with van der Waals surface area (Å²) >= 11 is 0. The van der Waals surface area contributed by atoms with Crippen molar-refractivity contribution in [3.63, 3.8) is 0 Å². The summed E-state index contributed by atoms with van der Waals surface area (Å²) < 4.78 is 24.1. The van der Waals surface area contributed by atoms with Gasteiger partial charge in [0.1, 0.15) is 9.84 Å². The zero-order valence-electron chi connectivity index (χ0n) is 9.83. The van der Waals surface area contributed by atoms with E-state index < -0.39 is 9.84 Å². The Balaban J connectivity index is 1.98. The molecule has 6 nitrogen and oxygen atoms in total. The lowest BCUT2D eigenvalue weighted by Crippen LogP contribution is -2.36. The zero-order chi connectivity index (χ0) is 12.5. The molecule has 1 aliphatic heterocycles. The van der Waals surface area contributed by atoms with E-state index in [2.05, 4.69) is 10.00 Å². The second-order valence-electron chi connectivity index (χ2n) is 4.41. The second-order valence-corrected chi connectivity index (χ2v) is 6.67. The summed E-state index contributed by atoms with van der Waals surface area (Å²) in [4.78, 5) is 2.10. The zero-order valence-corrected chi connectivity index (χ0v) is 10.7. The van der Waals surface area contributed by atoms with Gasteiger partial charge in [-0.3, -0.25) is 9.58 Å². The molecule has 2 rings (SSSR count). The van der Waals surface area contributed by atoms with Gasteiger partial charge in [-0.25, -0.2) is 8.42 Å². The molecule has 0 aromatic carbocycles. The Kier molecular flexibility index (Phi) is 3.50. The summed E-state index contributed by atoms with van der Waals surface area (Å²) in [6, 6.07) is 1.87. The second kappa shape index (κ2) is 4.75. The van der Waals surface area contributed by atoms with Gasteiger partial charge >= 0.3 is 0 Å². The molecule has 0 bridgehead atoms. The van der Waals surface area contributed by atoms with Crippen LogP contribution in [0.2, 0.25) is 0 Å². The van der Waals surface area contributed by atoms with Crippen LogP contribution in [0.1, 0.15) is 11.4 Å². The predicted octanol–water partition coefficient (Wildman–Crippen LogP) is -0.764. The van der Waals surface area contributed by atoms with Crippen LogP contribution in [0.15, 0.2) is 6.07 Å². The van der Waals surface area contributed by atoms with Crippen molar-refractivity contribution in [3.8, 4) is 0 Å². The van der Waals surface area contributed by atoms with Gasteiger partial charge in [0, 0.05) is 25.9 Å². The molecule has 2 heterocycles. The molecule has 0 amide bonds. The van der Waals surface area contributed by atoms with Crippen LogP contribution in [-0.4, -0.2) is 53.3 Å². The molecule has 0 saturated carbocycles. The van der Waals surface area contributed by atoms with Crippen LogP contribution in [-0.2, 0) is 29.5 Å². The molecule has 7 heteroatoms. The highest BCUT2D eigenvalue weighted by Gasteiger charge is 2.18. The van der Waals surface area contributed by atoms with E-state index in [1.54, 1.807) is 0 Å². The van der Waals surface area contributed by atoms with E-state index >= 15 is 0 Å². The predicted molar refractivity (Wildman–Crippen MR) is 63.1 cm³/mol. The van der Waals surface area contributed by atoms with Crippen molar-refractivity contribution in [2.24, 2.45) is 0 Å². The Morgan fingerprint density at radius 3 is 2.88 bits per heavy atom. The third-order valence-electron chi connectivity index (χ3n) is 2.87. The normalized spacial score (nSPS) is 17.1. The van der Waals surface area contributed by atoms with Crippen molar-refractivity contribution in [2.75, 3.05) is 25.1 Å². The molecule has 1 N–H and O–H groups in total. The molecule has 96 valence electrons. The highest BCUT2D eigenvalue weighted by molar-refractivity contribution is 7.90. The number of fused-ring (bicyclic) bond motifs is 1. The highest BCUT2D eigenvalue weighted by atomic mass is 32.2.